The quantitative estimate of drug-likeness (QED) is 0.106. The van der Waals surface area contributed by atoms with Crippen LogP contribution in [-0.4, -0.2) is 53.1 Å². The fourth-order valence-electron chi connectivity index (χ4n) is 4.25. The fraction of sp³-hybridized carbons (Fsp3) is 0.200. The van der Waals surface area contributed by atoms with E-state index in [1.54, 1.807) is 0 Å². The van der Waals surface area contributed by atoms with E-state index in [0.717, 1.165) is 22.3 Å². The molecule has 0 bridgehead atoms. The zero-order chi connectivity index (χ0) is 30.1. The molecule has 0 saturated heterocycles. The number of hydrogen-bond acceptors (Lipinski definition) is 12. The third-order valence-corrected chi connectivity index (χ3v) is 6.46. The minimum Gasteiger partial charge on any atom is -0.471 e. The molecule has 0 spiro atoms. The Labute approximate surface area is 251 Å². The van der Waals surface area contributed by atoms with Crippen LogP contribution in [0.3, 0.4) is 0 Å². The third-order valence-electron chi connectivity index (χ3n) is 6.46. The molecule has 224 valence electrons. The van der Waals surface area contributed by atoms with Crippen molar-refractivity contribution in [3.05, 3.63) is 95.6 Å². The minimum absolute atomic E-state index is 0.127. The van der Waals surface area contributed by atoms with Crippen LogP contribution in [0.15, 0.2) is 73.3 Å². The Bertz CT molecular complexity index is 1720. The number of nitrogens with two attached hydrogens (primary N) is 2. The molecule has 6 N–H and O–H groups in total. The molecule has 6 aromatic rings. The van der Waals surface area contributed by atoms with Gasteiger partial charge in [-0.25, -0.2) is 9.97 Å². The first-order valence-corrected chi connectivity index (χ1v) is 13.8. The van der Waals surface area contributed by atoms with Gasteiger partial charge in [0.1, 0.15) is 13.2 Å². The fourth-order valence-corrected chi connectivity index (χ4v) is 4.25. The lowest BCUT2D eigenvalue weighted by Crippen LogP contribution is -2.02. The average Bonchev–Trinajstić information content (AvgIpc) is 3.71. The highest BCUT2D eigenvalue weighted by Gasteiger charge is 2.11. The molecule has 0 aliphatic rings. The minimum atomic E-state index is 0.127. The highest BCUT2D eigenvalue weighted by molar-refractivity contribution is 5.77. The largest absolute Gasteiger partial charge is 0.471 e. The zero-order valence-corrected chi connectivity index (χ0v) is 23.6. The van der Waals surface area contributed by atoms with Crippen molar-refractivity contribution in [1.29, 1.82) is 0 Å². The summed E-state index contributed by atoms with van der Waals surface area (Å²) >= 11 is 0. The molecular formula is C30H30N10O4. The second-order valence-electron chi connectivity index (χ2n) is 9.69. The Morgan fingerprint density at radius 2 is 0.932 bits per heavy atom. The number of benzene rings is 2. The number of aromatic nitrogens is 8. The second kappa shape index (κ2) is 13.6. The maximum absolute atomic E-state index is 5.82. The lowest BCUT2D eigenvalue weighted by atomic mass is 10.1. The third kappa shape index (κ3) is 7.24. The molecule has 4 heterocycles. The van der Waals surface area contributed by atoms with Crippen LogP contribution in [-0.2, 0) is 35.9 Å². The first-order valence-electron chi connectivity index (χ1n) is 13.8. The van der Waals surface area contributed by atoms with Crippen LogP contribution in [0.4, 0.5) is 11.9 Å². The highest BCUT2D eigenvalue weighted by Crippen LogP contribution is 2.22. The summed E-state index contributed by atoms with van der Waals surface area (Å²) in [5.74, 6) is 0.946. The summed E-state index contributed by atoms with van der Waals surface area (Å²) in [6.45, 7) is 2.62. The maximum Gasteiger partial charge on any atom is 0.247 e. The van der Waals surface area contributed by atoms with Gasteiger partial charge in [-0.05, 0) is 22.3 Å². The van der Waals surface area contributed by atoms with Crippen LogP contribution in [0, 0.1) is 0 Å². The van der Waals surface area contributed by atoms with E-state index in [2.05, 4.69) is 39.9 Å². The number of nitrogens with zero attached hydrogens (tertiary/aromatic N) is 6. The summed E-state index contributed by atoms with van der Waals surface area (Å²) in [5, 5.41) is 0. The molecule has 0 atom stereocenters. The Hall–Kier alpha value is -5.60. The molecule has 0 fully saturated rings. The van der Waals surface area contributed by atoms with Crippen LogP contribution in [0.1, 0.15) is 22.3 Å². The van der Waals surface area contributed by atoms with E-state index < -0.39 is 0 Å². The summed E-state index contributed by atoms with van der Waals surface area (Å²) < 4.78 is 23.1. The number of hydrogen-bond donors (Lipinski definition) is 4. The lowest BCUT2D eigenvalue weighted by molar-refractivity contribution is 0.140. The predicted molar refractivity (Wildman–Crippen MR) is 162 cm³/mol. The van der Waals surface area contributed by atoms with Gasteiger partial charge in [-0.15, -0.1) is 0 Å². The Morgan fingerprint density at radius 3 is 1.34 bits per heavy atom. The highest BCUT2D eigenvalue weighted by atomic mass is 16.5. The van der Waals surface area contributed by atoms with Gasteiger partial charge in [0, 0.05) is 0 Å². The molecule has 0 aliphatic heterocycles. The van der Waals surface area contributed by atoms with Crippen molar-refractivity contribution in [2.75, 3.05) is 24.7 Å². The van der Waals surface area contributed by atoms with E-state index in [9.17, 15) is 0 Å². The standard InChI is InChI=1S/C30H30N10O4/c31-29-37-25-23(33-17-35-25)27(39-29)43-15-21-7-3-19(4-8-21)13-41-11-1-2-12-42-14-20-5-9-22(10-6-20)16-44-28-24-26(36-18-34-24)38-30(32)40-28/h1-10,17-18H,11-16H2,(H3,31,33,35,37,39)(H3,32,34,36,38,40)/b2-1+. The van der Waals surface area contributed by atoms with Gasteiger partial charge in [0.15, 0.2) is 22.3 Å². The van der Waals surface area contributed by atoms with E-state index in [-0.39, 0.29) is 11.9 Å². The average molecular weight is 595 g/mol. The number of ether oxygens (including phenoxy) is 4. The molecule has 0 amide bonds. The number of anilines is 2. The molecule has 0 unspecified atom stereocenters. The van der Waals surface area contributed by atoms with Crippen molar-refractivity contribution in [3.8, 4) is 11.8 Å². The molecule has 0 aliphatic carbocycles. The molecule has 0 saturated carbocycles. The number of imidazole rings is 2. The van der Waals surface area contributed by atoms with Gasteiger partial charge in [0.25, 0.3) is 0 Å². The van der Waals surface area contributed by atoms with Crippen molar-refractivity contribution in [1.82, 2.24) is 39.9 Å². The van der Waals surface area contributed by atoms with Gasteiger partial charge in [0.05, 0.1) is 39.1 Å². The van der Waals surface area contributed by atoms with Gasteiger partial charge in [-0.3, -0.25) is 0 Å². The summed E-state index contributed by atoms with van der Waals surface area (Å²) in [7, 11) is 0. The number of H-pyrrole nitrogens is 2. The predicted octanol–water partition coefficient (Wildman–Crippen LogP) is 3.63. The van der Waals surface area contributed by atoms with Gasteiger partial charge < -0.3 is 40.4 Å². The monoisotopic (exact) mass is 594 g/mol. The Balaban J connectivity index is 0.857. The zero-order valence-electron chi connectivity index (χ0n) is 23.6. The molecule has 14 nitrogen and oxygen atoms in total. The number of fused-ring (bicyclic) bond motifs is 2. The number of nitrogens with one attached hydrogen (secondary N) is 2. The molecule has 4 aromatic heterocycles. The van der Waals surface area contributed by atoms with Crippen molar-refractivity contribution in [2.24, 2.45) is 0 Å². The van der Waals surface area contributed by atoms with Crippen molar-refractivity contribution in [2.45, 2.75) is 26.4 Å². The molecular weight excluding hydrogens is 564 g/mol. The second-order valence-corrected chi connectivity index (χ2v) is 9.69. The van der Waals surface area contributed by atoms with E-state index >= 15 is 0 Å². The van der Waals surface area contributed by atoms with Gasteiger partial charge in [0.2, 0.25) is 23.7 Å². The molecule has 2 aromatic carbocycles. The smallest absolute Gasteiger partial charge is 0.247 e. The SMILES string of the molecule is Nc1nc(OCc2ccc(COC/C=C/COCc3ccc(COc4nc(N)nc5[nH]cnc45)cc3)cc2)c2nc[nH]c2n1. The topological polar surface area (TPSA) is 198 Å². The normalized spacial score (nSPS) is 11.5. The molecule has 0 radical (unpaired) electrons. The van der Waals surface area contributed by atoms with Crippen molar-refractivity contribution < 1.29 is 18.9 Å². The van der Waals surface area contributed by atoms with E-state index in [0.29, 0.717) is 73.7 Å². The summed E-state index contributed by atoms with van der Waals surface area (Å²) in [5.41, 5.74) is 17.7. The van der Waals surface area contributed by atoms with Crippen LogP contribution in [0.2, 0.25) is 0 Å². The summed E-state index contributed by atoms with van der Waals surface area (Å²) in [6, 6.07) is 16.0. The molecule has 44 heavy (non-hydrogen) atoms. The van der Waals surface area contributed by atoms with Crippen LogP contribution in [0.25, 0.3) is 22.3 Å². The first kappa shape index (κ1) is 28.5. The van der Waals surface area contributed by atoms with Crippen LogP contribution < -0.4 is 20.9 Å². The van der Waals surface area contributed by atoms with E-state index in [1.807, 2.05) is 60.7 Å². The van der Waals surface area contributed by atoms with Gasteiger partial charge in [-0.1, -0.05) is 60.7 Å². The van der Waals surface area contributed by atoms with E-state index in [1.165, 1.54) is 12.7 Å². The number of nitrogen functional groups attached to an aromatic ring is 2. The number of aromatic amines is 2. The number of rotatable bonds is 14. The van der Waals surface area contributed by atoms with Crippen molar-refractivity contribution >= 4 is 34.2 Å². The Morgan fingerprint density at radius 1 is 0.545 bits per heavy atom. The summed E-state index contributed by atoms with van der Waals surface area (Å²) in [4.78, 5) is 30.6. The van der Waals surface area contributed by atoms with Gasteiger partial charge >= 0.3 is 0 Å². The lowest BCUT2D eigenvalue weighted by Gasteiger charge is -2.08. The first-order chi connectivity index (χ1) is 21.6. The van der Waals surface area contributed by atoms with Crippen LogP contribution in [0.5, 0.6) is 11.8 Å². The summed E-state index contributed by atoms with van der Waals surface area (Å²) in [6.07, 6.45) is 6.95. The molecule has 6 rings (SSSR count). The molecule has 14 heteroatoms. The van der Waals surface area contributed by atoms with E-state index in [4.69, 9.17) is 30.4 Å². The maximum atomic E-state index is 5.82. The van der Waals surface area contributed by atoms with Crippen LogP contribution >= 0.6 is 0 Å². The van der Waals surface area contributed by atoms with Gasteiger partial charge in [-0.2, -0.15) is 19.9 Å². The Kier molecular flexibility index (Phi) is 8.80. The van der Waals surface area contributed by atoms with Crippen molar-refractivity contribution in [3.63, 3.8) is 0 Å².